The van der Waals surface area contributed by atoms with E-state index in [0.29, 0.717) is 6.54 Å². The predicted octanol–water partition coefficient (Wildman–Crippen LogP) is 1.89. The van der Waals surface area contributed by atoms with Crippen LogP contribution in [0.5, 0.6) is 0 Å². The molecule has 98 valence electrons. The molecule has 2 heterocycles. The van der Waals surface area contributed by atoms with Crippen molar-refractivity contribution in [1.82, 2.24) is 14.7 Å². The zero-order chi connectivity index (χ0) is 13.0. The molecule has 0 aromatic carbocycles. The molecule has 0 saturated heterocycles. The maximum atomic E-state index is 9.65. The second kappa shape index (κ2) is 5.98. The summed E-state index contributed by atoms with van der Waals surface area (Å²) in [5.41, 5.74) is 3.30. The minimum absolute atomic E-state index is 0.254. The van der Waals surface area contributed by atoms with Crippen molar-refractivity contribution >= 4 is 5.65 Å². The molecule has 0 aliphatic carbocycles. The van der Waals surface area contributed by atoms with Crippen LogP contribution in [-0.2, 0) is 6.54 Å². The Kier molecular flexibility index (Phi) is 4.33. The molecule has 0 radical (unpaired) electrons. The van der Waals surface area contributed by atoms with Crippen LogP contribution >= 0.6 is 0 Å². The highest BCUT2D eigenvalue weighted by Gasteiger charge is 2.06. The number of nitrogens with zero attached hydrogens (tertiary/aromatic N) is 2. The third-order valence-electron chi connectivity index (χ3n) is 3.12. The lowest BCUT2D eigenvalue weighted by Gasteiger charge is -2.10. The number of aliphatic hydroxyl groups is 1. The first-order valence-electron chi connectivity index (χ1n) is 6.52. The number of fused-ring (bicyclic) bond motifs is 1. The Balaban J connectivity index is 1.98. The van der Waals surface area contributed by atoms with Gasteiger partial charge in [0.05, 0.1) is 18.0 Å². The average molecular weight is 247 g/mol. The second-order valence-electron chi connectivity index (χ2n) is 4.71. The monoisotopic (exact) mass is 247 g/mol. The summed E-state index contributed by atoms with van der Waals surface area (Å²) >= 11 is 0. The summed E-state index contributed by atoms with van der Waals surface area (Å²) < 4.78 is 2.09. The maximum absolute atomic E-state index is 9.65. The van der Waals surface area contributed by atoms with Crippen molar-refractivity contribution in [2.75, 3.05) is 6.54 Å². The molecule has 18 heavy (non-hydrogen) atoms. The number of aliphatic hydroxyl groups excluding tert-OH is 1. The van der Waals surface area contributed by atoms with Gasteiger partial charge in [-0.1, -0.05) is 19.4 Å². The number of hydrogen-bond acceptors (Lipinski definition) is 3. The van der Waals surface area contributed by atoms with E-state index in [2.05, 4.69) is 34.6 Å². The number of hydrogen-bond donors (Lipinski definition) is 2. The fraction of sp³-hybridized carbons (Fsp3) is 0.500. The molecule has 4 heteroatoms. The molecule has 2 N–H and O–H groups in total. The van der Waals surface area contributed by atoms with Crippen LogP contribution in [0.25, 0.3) is 5.65 Å². The van der Waals surface area contributed by atoms with E-state index in [0.717, 1.165) is 30.7 Å². The smallest absolute Gasteiger partial charge is 0.139 e. The number of nitrogens with one attached hydrogen (secondary N) is 1. The van der Waals surface area contributed by atoms with Crippen molar-refractivity contribution in [3.05, 3.63) is 35.8 Å². The van der Waals surface area contributed by atoms with Gasteiger partial charge in [-0.25, -0.2) is 4.98 Å². The summed E-state index contributed by atoms with van der Waals surface area (Å²) in [5, 5.41) is 12.9. The van der Waals surface area contributed by atoms with E-state index >= 15 is 0 Å². The molecule has 2 aromatic heterocycles. The van der Waals surface area contributed by atoms with E-state index in [1.807, 2.05) is 18.5 Å². The summed E-state index contributed by atoms with van der Waals surface area (Å²) in [6, 6.07) is 4.09. The largest absolute Gasteiger partial charge is 0.392 e. The fourth-order valence-electron chi connectivity index (χ4n) is 2.14. The molecule has 0 fully saturated rings. The fourth-order valence-corrected chi connectivity index (χ4v) is 2.14. The van der Waals surface area contributed by atoms with Gasteiger partial charge in [-0.05, 0) is 25.0 Å². The highest BCUT2D eigenvalue weighted by molar-refractivity contribution is 5.48. The van der Waals surface area contributed by atoms with Crippen LogP contribution in [0, 0.1) is 6.92 Å². The first kappa shape index (κ1) is 13.1. The van der Waals surface area contributed by atoms with Gasteiger partial charge in [-0.15, -0.1) is 0 Å². The number of pyridine rings is 1. The lowest BCUT2D eigenvalue weighted by Crippen LogP contribution is -2.26. The van der Waals surface area contributed by atoms with Gasteiger partial charge in [-0.2, -0.15) is 0 Å². The van der Waals surface area contributed by atoms with Gasteiger partial charge in [0.1, 0.15) is 5.65 Å². The normalized spacial score (nSPS) is 13.1. The molecule has 2 aromatic rings. The Morgan fingerprint density at radius 1 is 1.50 bits per heavy atom. The third-order valence-corrected chi connectivity index (χ3v) is 3.12. The number of imidazole rings is 1. The zero-order valence-electron chi connectivity index (χ0n) is 11.1. The first-order chi connectivity index (χ1) is 8.72. The number of aryl methyl sites for hydroxylation is 1. The number of aromatic nitrogens is 2. The first-order valence-corrected chi connectivity index (χ1v) is 6.52. The van der Waals surface area contributed by atoms with Gasteiger partial charge in [0.15, 0.2) is 0 Å². The quantitative estimate of drug-likeness (QED) is 0.819. The van der Waals surface area contributed by atoms with Crippen molar-refractivity contribution in [2.45, 2.75) is 39.3 Å². The highest BCUT2D eigenvalue weighted by atomic mass is 16.3. The van der Waals surface area contributed by atoms with Crippen molar-refractivity contribution in [1.29, 1.82) is 0 Å². The Bertz CT molecular complexity index is 507. The van der Waals surface area contributed by atoms with E-state index in [1.165, 1.54) is 5.56 Å². The van der Waals surface area contributed by atoms with Gasteiger partial charge >= 0.3 is 0 Å². The van der Waals surface area contributed by atoms with Gasteiger partial charge in [-0.3, -0.25) is 0 Å². The van der Waals surface area contributed by atoms with Crippen LogP contribution in [0.1, 0.15) is 31.0 Å². The Labute approximate surface area is 108 Å². The van der Waals surface area contributed by atoms with Crippen LogP contribution < -0.4 is 5.32 Å². The molecule has 0 saturated carbocycles. The van der Waals surface area contributed by atoms with Crippen LogP contribution in [0.4, 0.5) is 0 Å². The van der Waals surface area contributed by atoms with Crippen molar-refractivity contribution < 1.29 is 5.11 Å². The van der Waals surface area contributed by atoms with Crippen LogP contribution in [0.2, 0.25) is 0 Å². The van der Waals surface area contributed by atoms with Gasteiger partial charge in [0.2, 0.25) is 0 Å². The minimum Gasteiger partial charge on any atom is -0.392 e. The highest BCUT2D eigenvalue weighted by Crippen LogP contribution is 2.10. The van der Waals surface area contributed by atoms with E-state index < -0.39 is 0 Å². The number of rotatable bonds is 6. The second-order valence-corrected chi connectivity index (χ2v) is 4.71. The lowest BCUT2D eigenvalue weighted by atomic mass is 10.2. The molecule has 0 spiro atoms. The van der Waals surface area contributed by atoms with Crippen molar-refractivity contribution in [2.24, 2.45) is 0 Å². The molecule has 1 unspecified atom stereocenters. The molecule has 1 atom stereocenters. The summed E-state index contributed by atoms with van der Waals surface area (Å²) in [5.74, 6) is 0. The summed E-state index contributed by atoms with van der Waals surface area (Å²) in [4.78, 5) is 4.41. The Morgan fingerprint density at radius 3 is 3.11 bits per heavy atom. The lowest BCUT2D eigenvalue weighted by molar-refractivity contribution is 0.160. The van der Waals surface area contributed by atoms with Crippen molar-refractivity contribution in [3.63, 3.8) is 0 Å². The van der Waals surface area contributed by atoms with Gasteiger partial charge in [0, 0.05) is 19.3 Å². The molecular formula is C14H21N3O. The Hall–Kier alpha value is -1.39. The van der Waals surface area contributed by atoms with Crippen LogP contribution in [-0.4, -0.2) is 27.1 Å². The maximum Gasteiger partial charge on any atom is 0.139 e. The van der Waals surface area contributed by atoms with E-state index in [4.69, 9.17) is 0 Å². The van der Waals surface area contributed by atoms with Crippen molar-refractivity contribution in [3.8, 4) is 0 Å². The predicted molar refractivity (Wildman–Crippen MR) is 72.6 cm³/mol. The Morgan fingerprint density at radius 2 is 2.33 bits per heavy atom. The SMILES string of the molecule is CCCC(O)CNCc1cnc2c(C)cccn12. The molecule has 0 bridgehead atoms. The van der Waals surface area contributed by atoms with Crippen LogP contribution in [0.15, 0.2) is 24.5 Å². The topological polar surface area (TPSA) is 49.6 Å². The molecule has 0 aliphatic heterocycles. The molecule has 0 amide bonds. The van der Waals surface area contributed by atoms with E-state index in [9.17, 15) is 5.11 Å². The minimum atomic E-state index is -0.254. The summed E-state index contributed by atoms with van der Waals surface area (Å²) in [6.07, 6.45) is 5.52. The van der Waals surface area contributed by atoms with E-state index in [-0.39, 0.29) is 6.10 Å². The third kappa shape index (κ3) is 2.89. The molecular weight excluding hydrogens is 226 g/mol. The zero-order valence-corrected chi connectivity index (χ0v) is 11.1. The molecule has 2 rings (SSSR count). The molecule has 0 aliphatic rings. The standard InChI is InChI=1S/C14H21N3O/c1-3-5-13(18)10-15-8-12-9-16-14-11(2)6-4-7-17(12)14/h4,6-7,9,13,15,18H,3,5,8,10H2,1-2H3. The average Bonchev–Trinajstić information content (AvgIpc) is 2.75. The van der Waals surface area contributed by atoms with E-state index in [1.54, 1.807) is 0 Å². The van der Waals surface area contributed by atoms with Crippen LogP contribution in [0.3, 0.4) is 0 Å². The summed E-state index contributed by atoms with van der Waals surface area (Å²) in [7, 11) is 0. The summed E-state index contributed by atoms with van der Waals surface area (Å²) in [6.45, 7) is 5.50. The van der Waals surface area contributed by atoms with Gasteiger partial charge < -0.3 is 14.8 Å². The molecule has 4 nitrogen and oxygen atoms in total. The van der Waals surface area contributed by atoms with Gasteiger partial charge in [0.25, 0.3) is 0 Å².